The smallest absolute Gasteiger partial charge is 0.258 e. The maximum absolute atomic E-state index is 6.17. The Morgan fingerprint density at radius 2 is 2.17 bits per heavy atom. The number of halogens is 2. The molecule has 0 aliphatic heterocycles. The number of benzene rings is 1. The SMILES string of the molecule is CCCC(Cl)c1noc(-c2cc(Cl)ccc2C)n1. The molecule has 2 aromatic rings. The van der Waals surface area contributed by atoms with Gasteiger partial charge in [0.25, 0.3) is 5.89 Å². The molecule has 0 aliphatic rings. The van der Waals surface area contributed by atoms with E-state index in [0.29, 0.717) is 16.7 Å². The summed E-state index contributed by atoms with van der Waals surface area (Å²) < 4.78 is 5.25. The van der Waals surface area contributed by atoms with Crippen molar-refractivity contribution in [2.75, 3.05) is 0 Å². The van der Waals surface area contributed by atoms with Crippen LogP contribution in [0.15, 0.2) is 22.7 Å². The Morgan fingerprint density at radius 1 is 1.39 bits per heavy atom. The molecule has 1 unspecified atom stereocenters. The van der Waals surface area contributed by atoms with Crippen molar-refractivity contribution < 1.29 is 4.52 Å². The Bertz CT molecular complexity index is 540. The Kier molecular flexibility index (Phi) is 4.25. The average Bonchev–Trinajstić information content (AvgIpc) is 2.82. The van der Waals surface area contributed by atoms with Gasteiger partial charge < -0.3 is 4.52 Å². The maximum atomic E-state index is 6.17. The fourth-order valence-corrected chi connectivity index (χ4v) is 2.16. The first kappa shape index (κ1) is 13.4. The molecule has 0 bridgehead atoms. The van der Waals surface area contributed by atoms with Crippen molar-refractivity contribution in [2.24, 2.45) is 0 Å². The van der Waals surface area contributed by atoms with Gasteiger partial charge in [0.05, 0.1) is 5.38 Å². The summed E-state index contributed by atoms with van der Waals surface area (Å²) in [5.41, 5.74) is 1.89. The van der Waals surface area contributed by atoms with Crippen LogP contribution in [0.5, 0.6) is 0 Å². The predicted octanol–water partition coefficient (Wildman–Crippen LogP) is 4.78. The first-order chi connectivity index (χ1) is 8.61. The Labute approximate surface area is 116 Å². The van der Waals surface area contributed by atoms with Crippen molar-refractivity contribution in [1.82, 2.24) is 10.1 Å². The number of nitrogens with zero attached hydrogens (tertiary/aromatic N) is 2. The largest absolute Gasteiger partial charge is 0.334 e. The molecule has 0 aliphatic carbocycles. The number of aromatic nitrogens is 2. The summed E-state index contributed by atoms with van der Waals surface area (Å²) >= 11 is 12.1. The maximum Gasteiger partial charge on any atom is 0.258 e. The number of aryl methyl sites for hydroxylation is 1. The molecule has 1 atom stereocenters. The Hall–Kier alpha value is -1.06. The molecule has 0 fully saturated rings. The molecule has 1 aromatic heterocycles. The van der Waals surface area contributed by atoms with Crippen LogP contribution in [-0.2, 0) is 0 Å². The third-order valence-corrected chi connectivity index (χ3v) is 3.34. The van der Waals surface area contributed by atoms with Gasteiger partial charge in [-0.15, -0.1) is 11.6 Å². The molecule has 1 aromatic carbocycles. The summed E-state index contributed by atoms with van der Waals surface area (Å²) in [5, 5.41) is 4.36. The van der Waals surface area contributed by atoms with Gasteiger partial charge in [-0.3, -0.25) is 0 Å². The second-order valence-electron chi connectivity index (χ2n) is 4.17. The van der Waals surface area contributed by atoms with Gasteiger partial charge in [-0.25, -0.2) is 0 Å². The molecule has 5 heteroatoms. The summed E-state index contributed by atoms with van der Waals surface area (Å²) in [7, 11) is 0. The van der Waals surface area contributed by atoms with E-state index in [-0.39, 0.29) is 5.38 Å². The normalized spacial score (nSPS) is 12.7. The van der Waals surface area contributed by atoms with Crippen molar-refractivity contribution in [1.29, 1.82) is 0 Å². The first-order valence-electron chi connectivity index (χ1n) is 5.86. The van der Waals surface area contributed by atoms with Gasteiger partial charge in [-0.05, 0) is 31.0 Å². The van der Waals surface area contributed by atoms with Crippen LogP contribution in [0.25, 0.3) is 11.5 Å². The highest BCUT2D eigenvalue weighted by atomic mass is 35.5. The lowest BCUT2D eigenvalue weighted by molar-refractivity contribution is 0.420. The van der Waals surface area contributed by atoms with Crippen LogP contribution < -0.4 is 0 Å². The summed E-state index contributed by atoms with van der Waals surface area (Å²) in [5.74, 6) is 1.000. The van der Waals surface area contributed by atoms with Gasteiger partial charge in [0.15, 0.2) is 5.82 Å². The van der Waals surface area contributed by atoms with Crippen LogP contribution >= 0.6 is 23.2 Å². The van der Waals surface area contributed by atoms with E-state index in [2.05, 4.69) is 17.1 Å². The molecule has 0 spiro atoms. The Morgan fingerprint density at radius 3 is 2.89 bits per heavy atom. The monoisotopic (exact) mass is 284 g/mol. The van der Waals surface area contributed by atoms with Crippen LogP contribution in [0.4, 0.5) is 0 Å². The summed E-state index contributed by atoms with van der Waals surface area (Å²) in [6.45, 7) is 4.04. The van der Waals surface area contributed by atoms with Crippen LogP contribution in [0.2, 0.25) is 5.02 Å². The highest BCUT2D eigenvalue weighted by molar-refractivity contribution is 6.30. The minimum Gasteiger partial charge on any atom is -0.334 e. The minimum atomic E-state index is -0.202. The molecule has 96 valence electrons. The molecule has 18 heavy (non-hydrogen) atoms. The number of alkyl halides is 1. The zero-order valence-corrected chi connectivity index (χ0v) is 11.8. The van der Waals surface area contributed by atoms with Gasteiger partial charge in [-0.2, -0.15) is 4.98 Å². The van der Waals surface area contributed by atoms with E-state index in [0.717, 1.165) is 24.0 Å². The van der Waals surface area contributed by atoms with E-state index in [1.54, 1.807) is 0 Å². The quantitative estimate of drug-likeness (QED) is 0.759. The van der Waals surface area contributed by atoms with Gasteiger partial charge in [-0.1, -0.05) is 36.2 Å². The molecule has 0 saturated carbocycles. The fraction of sp³-hybridized carbons (Fsp3) is 0.385. The van der Waals surface area contributed by atoms with E-state index >= 15 is 0 Å². The molecule has 0 N–H and O–H groups in total. The third-order valence-electron chi connectivity index (χ3n) is 2.69. The van der Waals surface area contributed by atoms with Gasteiger partial charge in [0.2, 0.25) is 0 Å². The molecule has 1 heterocycles. The van der Waals surface area contributed by atoms with Gasteiger partial charge in [0, 0.05) is 10.6 Å². The van der Waals surface area contributed by atoms with E-state index in [9.17, 15) is 0 Å². The highest BCUT2D eigenvalue weighted by Crippen LogP contribution is 2.28. The van der Waals surface area contributed by atoms with E-state index in [1.165, 1.54) is 0 Å². The standard InChI is InChI=1S/C13H14Cl2N2O/c1-3-4-11(15)12-16-13(18-17-12)10-7-9(14)6-5-8(10)2/h5-7,11H,3-4H2,1-2H3. The van der Waals surface area contributed by atoms with Gasteiger partial charge in [0.1, 0.15) is 0 Å². The molecule has 0 radical (unpaired) electrons. The van der Waals surface area contributed by atoms with E-state index in [4.69, 9.17) is 27.7 Å². The molecular weight excluding hydrogens is 271 g/mol. The predicted molar refractivity (Wildman–Crippen MR) is 73.0 cm³/mol. The van der Waals surface area contributed by atoms with Crippen LogP contribution in [0.3, 0.4) is 0 Å². The number of rotatable bonds is 4. The summed E-state index contributed by atoms with van der Waals surface area (Å²) in [6, 6.07) is 5.57. The minimum absolute atomic E-state index is 0.202. The fourth-order valence-electron chi connectivity index (χ4n) is 1.68. The summed E-state index contributed by atoms with van der Waals surface area (Å²) in [6.07, 6.45) is 1.81. The average molecular weight is 285 g/mol. The molecule has 2 rings (SSSR count). The number of hydrogen-bond donors (Lipinski definition) is 0. The lowest BCUT2D eigenvalue weighted by Gasteiger charge is -2.01. The second kappa shape index (κ2) is 5.72. The second-order valence-corrected chi connectivity index (χ2v) is 5.14. The Balaban J connectivity index is 2.32. The molecule has 0 amide bonds. The first-order valence-corrected chi connectivity index (χ1v) is 6.67. The van der Waals surface area contributed by atoms with Gasteiger partial charge >= 0.3 is 0 Å². The van der Waals surface area contributed by atoms with E-state index in [1.807, 2.05) is 25.1 Å². The van der Waals surface area contributed by atoms with Crippen molar-refractivity contribution in [3.8, 4) is 11.5 Å². The zero-order chi connectivity index (χ0) is 13.1. The number of hydrogen-bond acceptors (Lipinski definition) is 3. The lowest BCUT2D eigenvalue weighted by atomic mass is 10.1. The zero-order valence-electron chi connectivity index (χ0n) is 10.3. The molecular formula is C13H14Cl2N2O. The summed E-state index contributed by atoms with van der Waals surface area (Å²) in [4.78, 5) is 4.33. The van der Waals surface area contributed by atoms with Crippen molar-refractivity contribution >= 4 is 23.2 Å². The molecule has 0 saturated heterocycles. The van der Waals surface area contributed by atoms with Crippen LogP contribution in [-0.4, -0.2) is 10.1 Å². The third kappa shape index (κ3) is 2.85. The van der Waals surface area contributed by atoms with Crippen molar-refractivity contribution in [3.05, 3.63) is 34.6 Å². The molecule has 3 nitrogen and oxygen atoms in total. The van der Waals surface area contributed by atoms with E-state index < -0.39 is 0 Å². The van der Waals surface area contributed by atoms with Crippen LogP contribution in [0, 0.1) is 6.92 Å². The van der Waals surface area contributed by atoms with Crippen molar-refractivity contribution in [2.45, 2.75) is 32.1 Å². The highest BCUT2D eigenvalue weighted by Gasteiger charge is 2.17. The lowest BCUT2D eigenvalue weighted by Crippen LogP contribution is -1.92. The van der Waals surface area contributed by atoms with Crippen molar-refractivity contribution in [3.63, 3.8) is 0 Å². The topological polar surface area (TPSA) is 38.9 Å². The van der Waals surface area contributed by atoms with Crippen LogP contribution in [0.1, 0.15) is 36.5 Å².